The zero-order valence-electron chi connectivity index (χ0n) is 16.4. The Morgan fingerprint density at radius 1 is 1.14 bits per heavy atom. The average Bonchev–Trinajstić information content (AvgIpc) is 3.16. The zero-order chi connectivity index (χ0) is 19.9. The molecule has 150 valence electrons. The number of likely N-dealkylation sites (tertiary alicyclic amines) is 1. The molecule has 0 bridgehead atoms. The van der Waals surface area contributed by atoms with Gasteiger partial charge in [-0.2, -0.15) is 0 Å². The van der Waals surface area contributed by atoms with Crippen LogP contribution in [0.15, 0.2) is 30.3 Å². The first kappa shape index (κ1) is 20.3. The number of hydrogen-bond donors (Lipinski definition) is 1. The number of benzene rings is 1. The first-order valence-corrected chi connectivity index (χ1v) is 10.6. The van der Waals surface area contributed by atoms with Gasteiger partial charge in [0.2, 0.25) is 11.0 Å². The number of amides is 3. The summed E-state index contributed by atoms with van der Waals surface area (Å²) in [6, 6.07) is 10.1. The summed E-state index contributed by atoms with van der Waals surface area (Å²) in [6.45, 7) is 6.60. The Labute approximate surface area is 169 Å². The van der Waals surface area contributed by atoms with Crippen LogP contribution in [0.3, 0.4) is 0 Å². The highest BCUT2D eigenvalue weighted by Gasteiger charge is 2.29. The summed E-state index contributed by atoms with van der Waals surface area (Å²) in [4.78, 5) is 28.6. The normalized spacial score (nSPS) is 14.7. The second kappa shape index (κ2) is 9.64. The summed E-state index contributed by atoms with van der Waals surface area (Å²) in [6.07, 6.45) is 2.06. The molecular formula is C20H27N5O2S. The molecule has 2 aromatic rings. The highest BCUT2D eigenvalue weighted by molar-refractivity contribution is 7.15. The average molecular weight is 402 g/mol. The molecule has 1 aliphatic heterocycles. The van der Waals surface area contributed by atoms with E-state index in [2.05, 4.69) is 15.5 Å². The summed E-state index contributed by atoms with van der Waals surface area (Å²) >= 11 is 1.41. The van der Waals surface area contributed by atoms with Gasteiger partial charge in [0.1, 0.15) is 5.01 Å². The number of piperidine rings is 1. The summed E-state index contributed by atoms with van der Waals surface area (Å²) in [5.41, 5.74) is 1.17. The van der Waals surface area contributed by atoms with Crippen LogP contribution in [0.4, 0.5) is 9.93 Å². The molecule has 0 unspecified atom stereocenters. The first-order chi connectivity index (χ1) is 13.6. The Balaban J connectivity index is 1.49. The fraction of sp³-hybridized carbons (Fsp3) is 0.500. The predicted molar refractivity (Wildman–Crippen MR) is 110 cm³/mol. The van der Waals surface area contributed by atoms with Gasteiger partial charge in [0.05, 0.1) is 0 Å². The molecule has 0 atom stereocenters. The van der Waals surface area contributed by atoms with Gasteiger partial charge in [0.15, 0.2) is 0 Å². The topological polar surface area (TPSA) is 78.4 Å². The van der Waals surface area contributed by atoms with Crippen LogP contribution in [-0.4, -0.2) is 58.1 Å². The fourth-order valence-corrected chi connectivity index (χ4v) is 4.16. The van der Waals surface area contributed by atoms with Crippen molar-refractivity contribution in [2.75, 3.05) is 31.5 Å². The van der Waals surface area contributed by atoms with Crippen molar-refractivity contribution in [2.24, 2.45) is 5.92 Å². The van der Waals surface area contributed by atoms with E-state index in [9.17, 15) is 9.59 Å². The van der Waals surface area contributed by atoms with Crippen LogP contribution in [0.1, 0.15) is 37.3 Å². The number of rotatable bonds is 6. The largest absolute Gasteiger partial charge is 0.325 e. The minimum atomic E-state index is -0.0952. The Bertz CT molecular complexity index is 783. The lowest BCUT2D eigenvalue weighted by atomic mass is 9.96. The van der Waals surface area contributed by atoms with E-state index in [0.29, 0.717) is 50.6 Å². The van der Waals surface area contributed by atoms with E-state index in [0.717, 1.165) is 5.01 Å². The van der Waals surface area contributed by atoms with Gasteiger partial charge in [-0.1, -0.05) is 41.7 Å². The number of urea groups is 1. The molecule has 1 aromatic carbocycles. The van der Waals surface area contributed by atoms with E-state index in [-0.39, 0.29) is 17.9 Å². The van der Waals surface area contributed by atoms with Crippen molar-refractivity contribution < 1.29 is 9.59 Å². The number of nitrogens with one attached hydrogen (secondary N) is 1. The van der Waals surface area contributed by atoms with Gasteiger partial charge < -0.3 is 15.1 Å². The maximum atomic E-state index is 12.6. The van der Waals surface area contributed by atoms with E-state index >= 15 is 0 Å². The molecule has 1 aliphatic rings. The molecule has 7 nitrogen and oxygen atoms in total. The third kappa shape index (κ3) is 5.07. The summed E-state index contributed by atoms with van der Waals surface area (Å²) in [5.74, 6) is -0.125. The molecule has 3 rings (SSSR count). The van der Waals surface area contributed by atoms with E-state index in [4.69, 9.17) is 0 Å². The molecule has 8 heteroatoms. The summed E-state index contributed by atoms with van der Waals surface area (Å²) < 4.78 is 0. The second-order valence-electron chi connectivity index (χ2n) is 6.87. The Kier molecular flexibility index (Phi) is 6.97. The van der Waals surface area contributed by atoms with E-state index in [1.54, 1.807) is 0 Å². The third-order valence-corrected chi connectivity index (χ3v) is 5.90. The Hall–Kier alpha value is -2.48. The van der Waals surface area contributed by atoms with E-state index in [1.807, 2.05) is 54.0 Å². The number of nitrogens with zero attached hydrogens (tertiary/aromatic N) is 4. The van der Waals surface area contributed by atoms with Gasteiger partial charge in [0.25, 0.3) is 0 Å². The first-order valence-electron chi connectivity index (χ1n) is 9.81. The highest BCUT2D eigenvalue weighted by atomic mass is 32.1. The van der Waals surface area contributed by atoms with Crippen molar-refractivity contribution in [3.8, 4) is 0 Å². The summed E-state index contributed by atoms with van der Waals surface area (Å²) in [7, 11) is 0. The number of aromatic nitrogens is 2. The standard InChI is InChI=1S/C20H27N5O2S/c1-3-24(4-2)20(27)25-12-10-16(11-13-25)18(26)21-19-23-22-17(28-19)14-15-8-6-5-7-9-15/h5-9,16H,3-4,10-14H2,1-2H3,(H,21,23,26). The third-order valence-electron chi connectivity index (χ3n) is 5.07. The smallest absolute Gasteiger partial charge is 0.319 e. The SMILES string of the molecule is CCN(CC)C(=O)N1CCC(C(=O)Nc2nnc(Cc3ccccc3)s2)CC1. The number of hydrogen-bond acceptors (Lipinski definition) is 5. The van der Waals surface area contributed by atoms with Crippen LogP contribution >= 0.6 is 11.3 Å². The second-order valence-corrected chi connectivity index (χ2v) is 7.93. The molecular weight excluding hydrogens is 374 g/mol. The molecule has 0 aliphatic carbocycles. The van der Waals surface area contributed by atoms with Crippen molar-refractivity contribution in [3.05, 3.63) is 40.9 Å². The monoisotopic (exact) mass is 401 g/mol. The van der Waals surface area contributed by atoms with Crippen LogP contribution in [0.2, 0.25) is 0 Å². The van der Waals surface area contributed by atoms with Crippen molar-refractivity contribution in [2.45, 2.75) is 33.1 Å². The molecule has 28 heavy (non-hydrogen) atoms. The lowest BCUT2D eigenvalue weighted by Gasteiger charge is -2.34. The summed E-state index contributed by atoms with van der Waals surface area (Å²) in [5, 5.41) is 12.6. The van der Waals surface area contributed by atoms with Gasteiger partial charge in [0, 0.05) is 38.5 Å². The number of carbonyl (C=O) groups is 2. The predicted octanol–water partition coefficient (Wildman–Crippen LogP) is 3.24. The molecule has 0 saturated carbocycles. The van der Waals surface area contributed by atoms with Crippen LogP contribution in [0.5, 0.6) is 0 Å². The zero-order valence-corrected chi connectivity index (χ0v) is 17.2. The molecule has 0 spiro atoms. The molecule has 3 amide bonds. The van der Waals surface area contributed by atoms with E-state index in [1.165, 1.54) is 16.9 Å². The minimum absolute atomic E-state index is 0.0302. The van der Waals surface area contributed by atoms with Crippen LogP contribution in [-0.2, 0) is 11.2 Å². The highest BCUT2D eigenvalue weighted by Crippen LogP contribution is 2.23. The van der Waals surface area contributed by atoms with Crippen LogP contribution in [0.25, 0.3) is 0 Å². The van der Waals surface area contributed by atoms with Gasteiger partial charge in [-0.05, 0) is 32.3 Å². The lowest BCUT2D eigenvalue weighted by Crippen LogP contribution is -2.47. The van der Waals surface area contributed by atoms with Crippen molar-refractivity contribution >= 4 is 28.4 Å². The van der Waals surface area contributed by atoms with Gasteiger partial charge >= 0.3 is 6.03 Å². The maximum Gasteiger partial charge on any atom is 0.319 e. The molecule has 1 N–H and O–H groups in total. The van der Waals surface area contributed by atoms with Crippen LogP contribution < -0.4 is 5.32 Å². The van der Waals surface area contributed by atoms with E-state index < -0.39 is 0 Å². The Morgan fingerprint density at radius 2 is 1.82 bits per heavy atom. The quantitative estimate of drug-likeness (QED) is 0.806. The molecule has 0 radical (unpaired) electrons. The van der Waals surface area contributed by atoms with Crippen molar-refractivity contribution in [3.63, 3.8) is 0 Å². The van der Waals surface area contributed by atoms with Gasteiger partial charge in [-0.25, -0.2) is 4.79 Å². The minimum Gasteiger partial charge on any atom is -0.325 e. The Morgan fingerprint density at radius 3 is 2.46 bits per heavy atom. The van der Waals surface area contributed by atoms with Crippen molar-refractivity contribution in [1.29, 1.82) is 0 Å². The van der Waals surface area contributed by atoms with Crippen LogP contribution in [0, 0.1) is 5.92 Å². The molecule has 2 heterocycles. The number of carbonyl (C=O) groups excluding carboxylic acids is 2. The van der Waals surface area contributed by atoms with Crippen molar-refractivity contribution in [1.82, 2.24) is 20.0 Å². The number of anilines is 1. The van der Waals surface area contributed by atoms with Gasteiger partial charge in [-0.3, -0.25) is 4.79 Å². The maximum absolute atomic E-state index is 12.6. The molecule has 1 saturated heterocycles. The fourth-order valence-electron chi connectivity index (χ4n) is 3.38. The van der Waals surface area contributed by atoms with Gasteiger partial charge in [-0.15, -0.1) is 10.2 Å². The molecule has 1 fully saturated rings. The molecule has 1 aromatic heterocycles. The lowest BCUT2D eigenvalue weighted by molar-refractivity contribution is -0.121.